The fourth-order valence-electron chi connectivity index (χ4n) is 4.28. The Bertz CT molecular complexity index is 1280. The molecule has 37 heavy (non-hydrogen) atoms. The summed E-state index contributed by atoms with van der Waals surface area (Å²) in [4.78, 5) is 11.1. The van der Waals surface area contributed by atoms with Crippen LogP contribution in [0.15, 0.2) is 47.1 Å². The molecule has 0 amide bonds. The third-order valence-corrected chi connectivity index (χ3v) is 6.50. The Kier molecular flexibility index (Phi) is 8.19. The monoisotopic (exact) mass is 575 g/mol. The largest absolute Gasteiger partial charge is 0.573 e. The molecule has 0 unspecified atom stereocenters. The Labute approximate surface area is 221 Å². The molecule has 0 atom stereocenters. The van der Waals surface area contributed by atoms with Crippen LogP contribution < -0.4 is 14.8 Å². The Morgan fingerprint density at radius 3 is 2.51 bits per heavy atom. The van der Waals surface area contributed by atoms with Gasteiger partial charge in [0.1, 0.15) is 11.5 Å². The van der Waals surface area contributed by atoms with E-state index in [9.17, 15) is 13.2 Å². The molecule has 4 rings (SSSR count). The summed E-state index contributed by atoms with van der Waals surface area (Å²) in [6, 6.07) is 11.9. The lowest BCUT2D eigenvalue weighted by Gasteiger charge is -2.32. The summed E-state index contributed by atoms with van der Waals surface area (Å²) in [5.74, 6) is 1.24. The number of anilines is 1. The number of nitrogens with zero attached hydrogens (tertiary/aromatic N) is 4. The lowest BCUT2D eigenvalue weighted by atomic mass is 10.0. The zero-order valence-electron chi connectivity index (χ0n) is 20.3. The summed E-state index contributed by atoms with van der Waals surface area (Å²) in [6.07, 6.45) is -1.43. The Morgan fingerprint density at radius 1 is 1.16 bits per heavy atom. The van der Waals surface area contributed by atoms with Crippen LogP contribution in [0, 0.1) is 25.2 Å². The second-order valence-corrected chi connectivity index (χ2v) is 9.74. The quantitative estimate of drug-likeness (QED) is 0.344. The first-order valence-corrected chi connectivity index (χ1v) is 12.4. The van der Waals surface area contributed by atoms with Gasteiger partial charge in [-0.2, -0.15) is 10.2 Å². The molecule has 1 saturated heterocycles. The minimum Gasteiger partial charge on any atom is -0.437 e. The molecule has 3 aromatic rings. The number of nitriles is 1. The highest BCUT2D eigenvalue weighted by atomic mass is 79.9. The summed E-state index contributed by atoms with van der Waals surface area (Å²) in [7, 11) is 0. The predicted molar refractivity (Wildman–Crippen MR) is 135 cm³/mol. The number of hydrogen-bond acceptors (Lipinski definition) is 7. The normalized spacial score (nSPS) is 14.7. The minimum absolute atomic E-state index is 0.142. The molecule has 1 N–H and O–H groups in total. The van der Waals surface area contributed by atoms with Gasteiger partial charge in [-0.1, -0.05) is 12.1 Å². The van der Waals surface area contributed by atoms with Crippen molar-refractivity contribution in [2.45, 2.75) is 45.6 Å². The van der Waals surface area contributed by atoms with Crippen molar-refractivity contribution in [3.63, 3.8) is 0 Å². The number of nitrogens with one attached hydrogen (secondary N) is 1. The number of halogens is 4. The van der Waals surface area contributed by atoms with Crippen molar-refractivity contribution in [1.29, 1.82) is 5.26 Å². The van der Waals surface area contributed by atoms with Crippen molar-refractivity contribution in [3.8, 4) is 23.4 Å². The summed E-state index contributed by atoms with van der Waals surface area (Å²) in [5.41, 5.74) is 3.00. The van der Waals surface area contributed by atoms with Crippen LogP contribution in [0.5, 0.6) is 17.4 Å². The maximum Gasteiger partial charge on any atom is 0.573 e. The van der Waals surface area contributed by atoms with Gasteiger partial charge in [0.25, 0.3) is 0 Å². The van der Waals surface area contributed by atoms with E-state index in [2.05, 4.69) is 46.9 Å². The molecule has 1 aliphatic rings. The number of benzene rings is 2. The maximum atomic E-state index is 12.5. The molecule has 0 aliphatic carbocycles. The van der Waals surface area contributed by atoms with Gasteiger partial charge in [-0.3, -0.25) is 4.90 Å². The Balaban J connectivity index is 1.35. The molecular weight excluding hydrogens is 551 g/mol. The highest BCUT2D eigenvalue weighted by Gasteiger charge is 2.31. The van der Waals surface area contributed by atoms with E-state index in [-0.39, 0.29) is 11.8 Å². The fraction of sp³-hybridized carbons (Fsp3) is 0.346. The SMILES string of the molecule is Cc1cc(C#N)cc(C)c1Oc1nc(NC2CCN(Cc3cccc(OC(F)(F)F)c3)CC2)ncc1Br. The van der Waals surface area contributed by atoms with Crippen molar-refractivity contribution < 1.29 is 22.6 Å². The zero-order valence-corrected chi connectivity index (χ0v) is 21.9. The molecule has 0 spiro atoms. The third kappa shape index (κ3) is 7.33. The van der Waals surface area contributed by atoms with E-state index in [1.807, 2.05) is 13.8 Å². The number of alkyl halides is 3. The van der Waals surface area contributed by atoms with E-state index >= 15 is 0 Å². The second kappa shape index (κ2) is 11.4. The van der Waals surface area contributed by atoms with Gasteiger partial charge in [-0.15, -0.1) is 13.2 Å². The topological polar surface area (TPSA) is 83.3 Å². The predicted octanol–water partition coefficient (Wildman–Crippen LogP) is 6.50. The van der Waals surface area contributed by atoms with Gasteiger partial charge >= 0.3 is 6.36 Å². The number of likely N-dealkylation sites (tertiary alicyclic amines) is 1. The average molecular weight is 576 g/mol. The molecule has 0 radical (unpaired) electrons. The Morgan fingerprint density at radius 2 is 1.86 bits per heavy atom. The van der Waals surface area contributed by atoms with E-state index in [1.54, 1.807) is 30.5 Å². The van der Waals surface area contributed by atoms with Crippen LogP contribution in [0.1, 0.15) is 35.1 Å². The van der Waals surface area contributed by atoms with Crippen molar-refractivity contribution in [1.82, 2.24) is 14.9 Å². The average Bonchev–Trinajstić information content (AvgIpc) is 2.83. The van der Waals surface area contributed by atoms with Gasteiger partial charge in [0.2, 0.25) is 11.8 Å². The van der Waals surface area contributed by atoms with Crippen LogP contribution in [-0.2, 0) is 6.54 Å². The molecule has 194 valence electrons. The molecular formula is C26H25BrF3N5O2. The van der Waals surface area contributed by atoms with Crippen LogP contribution in [0.4, 0.5) is 19.1 Å². The van der Waals surface area contributed by atoms with Gasteiger partial charge in [-0.05, 0) is 83.6 Å². The van der Waals surface area contributed by atoms with Gasteiger partial charge in [-0.25, -0.2) is 4.98 Å². The van der Waals surface area contributed by atoms with E-state index in [0.717, 1.165) is 42.6 Å². The van der Waals surface area contributed by atoms with Crippen molar-refractivity contribution in [2.24, 2.45) is 0 Å². The maximum absolute atomic E-state index is 12.5. The lowest BCUT2D eigenvalue weighted by molar-refractivity contribution is -0.274. The summed E-state index contributed by atoms with van der Waals surface area (Å²) in [6.45, 7) is 5.84. The third-order valence-electron chi connectivity index (χ3n) is 5.96. The molecule has 1 fully saturated rings. The standard InChI is InChI=1S/C26H25BrF3N5O2/c1-16-10-19(13-31)11-17(2)23(16)36-24-22(27)14-32-25(34-24)33-20-6-8-35(9-7-20)15-18-4-3-5-21(12-18)37-26(28,29)30/h3-5,10-12,14,20H,6-9,15H2,1-2H3,(H,32,33,34). The number of piperidine rings is 1. The van der Waals surface area contributed by atoms with Gasteiger partial charge < -0.3 is 14.8 Å². The summed E-state index contributed by atoms with van der Waals surface area (Å²) >= 11 is 3.44. The first-order valence-electron chi connectivity index (χ1n) is 11.6. The second-order valence-electron chi connectivity index (χ2n) is 8.89. The summed E-state index contributed by atoms with van der Waals surface area (Å²) in [5, 5.41) is 12.5. The van der Waals surface area contributed by atoms with E-state index < -0.39 is 6.36 Å². The number of aryl methyl sites for hydroxylation is 2. The highest BCUT2D eigenvalue weighted by Crippen LogP contribution is 2.33. The molecule has 11 heteroatoms. The van der Waals surface area contributed by atoms with Crippen LogP contribution in [0.25, 0.3) is 0 Å². The van der Waals surface area contributed by atoms with Crippen molar-refractivity contribution >= 4 is 21.9 Å². The fourth-order valence-corrected chi connectivity index (χ4v) is 4.55. The van der Waals surface area contributed by atoms with Gasteiger partial charge in [0.05, 0.1) is 22.3 Å². The molecule has 1 aromatic heterocycles. The number of ether oxygens (including phenoxy) is 2. The number of hydrogen-bond donors (Lipinski definition) is 1. The summed E-state index contributed by atoms with van der Waals surface area (Å²) < 4.78 is 48.2. The molecule has 2 heterocycles. The van der Waals surface area contributed by atoms with Crippen molar-refractivity contribution in [2.75, 3.05) is 18.4 Å². The van der Waals surface area contributed by atoms with Gasteiger partial charge in [0.15, 0.2) is 0 Å². The molecule has 0 bridgehead atoms. The van der Waals surface area contributed by atoms with Crippen molar-refractivity contribution in [3.05, 3.63) is 69.3 Å². The highest BCUT2D eigenvalue weighted by molar-refractivity contribution is 9.10. The minimum atomic E-state index is -4.71. The first kappa shape index (κ1) is 26.7. The van der Waals surface area contributed by atoms with E-state index in [0.29, 0.717) is 34.2 Å². The molecule has 2 aromatic carbocycles. The van der Waals surface area contributed by atoms with Crippen LogP contribution in [0.2, 0.25) is 0 Å². The zero-order chi connectivity index (χ0) is 26.6. The van der Waals surface area contributed by atoms with Crippen LogP contribution >= 0.6 is 15.9 Å². The number of aromatic nitrogens is 2. The Hall–Kier alpha value is -3.36. The smallest absolute Gasteiger partial charge is 0.437 e. The van der Waals surface area contributed by atoms with E-state index in [4.69, 9.17) is 10.00 Å². The van der Waals surface area contributed by atoms with Crippen LogP contribution in [0.3, 0.4) is 0 Å². The van der Waals surface area contributed by atoms with E-state index in [1.165, 1.54) is 12.1 Å². The van der Waals surface area contributed by atoms with Gasteiger partial charge in [0, 0.05) is 25.7 Å². The lowest BCUT2D eigenvalue weighted by Crippen LogP contribution is -2.39. The molecule has 1 aliphatic heterocycles. The number of rotatable bonds is 7. The molecule has 0 saturated carbocycles. The first-order chi connectivity index (χ1) is 17.6. The van der Waals surface area contributed by atoms with Crippen LogP contribution in [-0.4, -0.2) is 40.4 Å². The molecule has 7 nitrogen and oxygen atoms in total.